The molecule has 1 heterocycles. The molecule has 0 aromatic heterocycles. The first-order valence-corrected chi connectivity index (χ1v) is 10.2. The molecular formula is C21H40O. The van der Waals surface area contributed by atoms with Gasteiger partial charge in [0.2, 0.25) is 0 Å². The average Bonchev–Trinajstić information content (AvgIpc) is 3.27. The quantitative estimate of drug-likeness (QED) is 0.167. The van der Waals surface area contributed by atoms with Gasteiger partial charge in [-0.15, -0.1) is 0 Å². The minimum Gasteiger partial charge on any atom is -0.369 e. The van der Waals surface area contributed by atoms with Crippen molar-refractivity contribution in [2.75, 3.05) is 0 Å². The molecule has 0 spiro atoms. The lowest BCUT2D eigenvalue weighted by molar-refractivity contribution is 0.358. The van der Waals surface area contributed by atoms with Crippen LogP contribution in [0.4, 0.5) is 0 Å². The van der Waals surface area contributed by atoms with Gasteiger partial charge in [-0.25, -0.2) is 0 Å². The molecule has 1 aliphatic heterocycles. The van der Waals surface area contributed by atoms with Crippen LogP contribution in [0.2, 0.25) is 0 Å². The number of epoxide rings is 1. The Morgan fingerprint density at radius 3 is 1.91 bits per heavy atom. The molecule has 0 aromatic rings. The van der Waals surface area contributed by atoms with Gasteiger partial charge in [0, 0.05) is 0 Å². The molecule has 1 heteroatoms. The molecule has 22 heavy (non-hydrogen) atoms. The molecule has 0 aromatic carbocycles. The molecule has 1 aliphatic rings. The number of ether oxygens (including phenoxy) is 1. The molecular weight excluding hydrogens is 268 g/mol. The molecule has 0 bridgehead atoms. The van der Waals surface area contributed by atoms with Crippen LogP contribution in [0.1, 0.15) is 110 Å². The van der Waals surface area contributed by atoms with Crippen molar-refractivity contribution in [2.24, 2.45) is 0 Å². The van der Waals surface area contributed by atoms with E-state index in [0.29, 0.717) is 12.2 Å². The van der Waals surface area contributed by atoms with E-state index in [2.05, 4.69) is 26.0 Å². The van der Waals surface area contributed by atoms with Gasteiger partial charge in [-0.1, -0.05) is 96.6 Å². The van der Waals surface area contributed by atoms with E-state index in [1.54, 1.807) is 0 Å². The number of hydrogen-bond donors (Lipinski definition) is 0. The summed E-state index contributed by atoms with van der Waals surface area (Å²) in [4.78, 5) is 0. The Morgan fingerprint density at radius 2 is 1.23 bits per heavy atom. The van der Waals surface area contributed by atoms with E-state index >= 15 is 0 Å². The molecule has 1 saturated heterocycles. The zero-order chi connectivity index (χ0) is 15.9. The van der Waals surface area contributed by atoms with Crippen molar-refractivity contribution in [3.05, 3.63) is 12.2 Å². The van der Waals surface area contributed by atoms with Crippen LogP contribution in [-0.2, 0) is 4.74 Å². The second kappa shape index (κ2) is 14.3. The maximum Gasteiger partial charge on any atom is 0.0876 e. The van der Waals surface area contributed by atoms with Crippen LogP contribution in [0.3, 0.4) is 0 Å². The lowest BCUT2D eigenvalue weighted by atomic mass is 10.0. The van der Waals surface area contributed by atoms with Crippen LogP contribution in [0.15, 0.2) is 12.2 Å². The topological polar surface area (TPSA) is 12.5 Å². The Labute approximate surface area is 139 Å². The summed E-state index contributed by atoms with van der Waals surface area (Å²) in [6.45, 7) is 4.55. The van der Waals surface area contributed by atoms with Crippen LogP contribution in [0.25, 0.3) is 0 Å². The van der Waals surface area contributed by atoms with E-state index in [0.717, 1.165) is 6.42 Å². The molecule has 0 aliphatic carbocycles. The van der Waals surface area contributed by atoms with Crippen LogP contribution in [0, 0.1) is 0 Å². The van der Waals surface area contributed by atoms with Crippen molar-refractivity contribution >= 4 is 0 Å². The summed E-state index contributed by atoms with van der Waals surface area (Å²) in [6, 6.07) is 0. The second-order valence-electron chi connectivity index (χ2n) is 7.03. The minimum atomic E-state index is 0.552. The van der Waals surface area contributed by atoms with Crippen LogP contribution in [0.5, 0.6) is 0 Å². The fourth-order valence-electron chi connectivity index (χ4n) is 3.16. The average molecular weight is 309 g/mol. The number of hydrogen-bond acceptors (Lipinski definition) is 1. The molecule has 2 atom stereocenters. The summed E-state index contributed by atoms with van der Waals surface area (Å²) in [5.41, 5.74) is 0. The summed E-state index contributed by atoms with van der Waals surface area (Å²) in [5.74, 6) is 0. The Balaban J connectivity index is 1.78. The van der Waals surface area contributed by atoms with Gasteiger partial charge in [-0.2, -0.15) is 0 Å². The summed E-state index contributed by atoms with van der Waals surface area (Å²) in [7, 11) is 0. The maximum absolute atomic E-state index is 5.77. The highest BCUT2D eigenvalue weighted by Gasteiger charge is 2.36. The molecule has 0 radical (unpaired) electrons. The molecule has 0 N–H and O–H groups in total. The van der Waals surface area contributed by atoms with Crippen molar-refractivity contribution in [1.29, 1.82) is 0 Å². The first kappa shape index (κ1) is 19.7. The summed E-state index contributed by atoms with van der Waals surface area (Å²) in [6.07, 6.45) is 26.4. The number of rotatable bonds is 16. The fourth-order valence-corrected chi connectivity index (χ4v) is 3.16. The van der Waals surface area contributed by atoms with Gasteiger partial charge in [0.15, 0.2) is 0 Å². The van der Waals surface area contributed by atoms with Gasteiger partial charge in [-0.05, 0) is 25.7 Å². The van der Waals surface area contributed by atoms with Crippen LogP contribution in [-0.4, -0.2) is 12.2 Å². The number of unbranched alkanes of at least 4 members (excludes halogenated alkanes) is 11. The van der Waals surface area contributed by atoms with E-state index in [1.165, 1.54) is 89.9 Å². The third-order valence-corrected chi connectivity index (χ3v) is 4.79. The van der Waals surface area contributed by atoms with Gasteiger partial charge in [0.25, 0.3) is 0 Å². The van der Waals surface area contributed by atoms with Crippen LogP contribution >= 0.6 is 0 Å². The Hall–Kier alpha value is -0.300. The highest BCUT2D eigenvalue weighted by molar-refractivity contribution is 4.93. The van der Waals surface area contributed by atoms with Gasteiger partial charge >= 0.3 is 0 Å². The predicted octanol–water partition coefficient (Wildman–Crippen LogP) is 7.20. The van der Waals surface area contributed by atoms with Crippen molar-refractivity contribution in [3.63, 3.8) is 0 Å². The van der Waals surface area contributed by atoms with Gasteiger partial charge in [0.05, 0.1) is 12.2 Å². The van der Waals surface area contributed by atoms with Crippen LogP contribution < -0.4 is 0 Å². The maximum atomic E-state index is 5.77. The molecule has 1 fully saturated rings. The van der Waals surface area contributed by atoms with Crippen molar-refractivity contribution in [3.8, 4) is 0 Å². The number of allylic oxidation sites excluding steroid dienone is 1. The molecule has 0 amide bonds. The molecule has 130 valence electrons. The molecule has 1 nitrogen and oxygen atoms in total. The Bertz CT molecular complexity index is 259. The zero-order valence-electron chi connectivity index (χ0n) is 15.3. The normalized spacial score (nSPS) is 20.8. The third kappa shape index (κ3) is 11.3. The lowest BCUT2D eigenvalue weighted by Crippen LogP contribution is -1.93. The highest BCUT2D eigenvalue weighted by atomic mass is 16.6. The SMILES string of the molecule is CCCCCC=CC[C@@H]1O[C@H]1CCCCCCCCCCC. The summed E-state index contributed by atoms with van der Waals surface area (Å²) >= 11 is 0. The van der Waals surface area contributed by atoms with Gasteiger partial charge < -0.3 is 4.74 Å². The largest absolute Gasteiger partial charge is 0.369 e. The lowest BCUT2D eigenvalue weighted by Gasteiger charge is -2.01. The second-order valence-corrected chi connectivity index (χ2v) is 7.03. The minimum absolute atomic E-state index is 0.552. The van der Waals surface area contributed by atoms with Crippen molar-refractivity contribution in [1.82, 2.24) is 0 Å². The smallest absolute Gasteiger partial charge is 0.0876 e. The first-order chi connectivity index (χ1) is 10.9. The summed E-state index contributed by atoms with van der Waals surface area (Å²) in [5, 5.41) is 0. The monoisotopic (exact) mass is 308 g/mol. The van der Waals surface area contributed by atoms with E-state index in [4.69, 9.17) is 4.74 Å². The van der Waals surface area contributed by atoms with E-state index in [9.17, 15) is 0 Å². The molecule has 0 saturated carbocycles. The Kier molecular flexibility index (Phi) is 12.8. The highest BCUT2D eigenvalue weighted by Crippen LogP contribution is 2.30. The molecule has 0 unspecified atom stereocenters. The van der Waals surface area contributed by atoms with E-state index in [-0.39, 0.29) is 0 Å². The summed E-state index contributed by atoms with van der Waals surface area (Å²) < 4.78 is 5.77. The fraction of sp³-hybridized carbons (Fsp3) is 0.905. The van der Waals surface area contributed by atoms with Crippen molar-refractivity contribution < 1.29 is 4.74 Å². The first-order valence-electron chi connectivity index (χ1n) is 10.2. The molecule has 1 rings (SSSR count). The van der Waals surface area contributed by atoms with Gasteiger partial charge in [-0.3, -0.25) is 0 Å². The van der Waals surface area contributed by atoms with Gasteiger partial charge in [0.1, 0.15) is 0 Å². The standard InChI is InChI=1S/C21H40O/c1-3-5-7-9-11-12-13-15-17-19-21-20(22-21)18-16-14-10-8-6-4-2/h14,16,20-21H,3-13,15,17-19H2,1-2H3/t20-,21-/m0/s1. The Morgan fingerprint density at radius 1 is 0.636 bits per heavy atom. The van der Waals surface area contributed by atoms with E-state index in [1.807, 2.05) is 0 Å². The zero-order valence-corrected chi connectivity index (χ0v) is 15.3. The predicted molar refractivity (Wildman–Crippen MR) is 98.4 cm³/mol. The third-order valence-electron chi connectivity index (χ3n) is 4.79. The van der Waals surface area contributed by atoms with E-state index < -0.39 is 0 Å². The van der Waals surface area contributed by atoms with Crippen molar-refractivity contribution in [2.45, 2.75) is 122 Å².